The van der Waals surface area contributed by atoms with Crippen molar-refractivity contribution in [2.24, 2.45) is 0 Å². The highest BCUT2D eigenvalue weighted by molar-refractivity contribution is 5.73. The third-order valence-corrected chi connectivity index (χ3v) is 4.11. The molecule has 0 radical (unpaired) electrons. The van der Waals surface area contributed by atoms with Crippen LogP contribution in [0.5, 0.6) is 5.75 Å². The lowest BCUT2D eigenvalue weighted by atomic mass is 10.1. The van der Waals surface area contributed by atoms with Gasteiger partial charge in [0.2, 0.25) is 0 Å². The minimum absolute atomic E-state index is 0.000763. The maximum Gasteiger partial charge on any atom is 0.314 e. The second-order valence-electron chi connectivity index (χ2n) is 5.91. The number of nitrogens with one attached hydrogen (secondary N) is 2. The second-order valence-corrected chi connectivity index (χ2v) is 5.91. The van der Waals surface area contributed by atoms with Crippen LogP contribution in [0.3, 0.4) is 0 Å². The largest absolute Gasteiger partial charge is 0.488 e. The van der Waals surface area contributed by atoms with E-state index in [-0.39, 0.29) is 18.7 Å². The van der Waals surface area contributed by atoms with E-state index in [1.165, 1.54) is 5.56 Å². The number of aliphatic hydroxyl groups is 1. The van der Waals surface area contributed by atoms with Crippen LogP contribution in [-0.4, -0.2) is 30.3 Å². The first kappa shape index (κ1) is 16.3. The van der Waals surface area contributed by atoms with E-state index in [1.54, 1.807) is 0 Å². The number of urea groups is 1. The Morgan fingerprint density at radius 2 is 1.83 bits per heavy atom. The average Bonchev–Trinajstić information content (AvgIpc) is 3.03. The number of hydrogen-bond acceptors (Lipinski definition) is 3. The highest BCUT2D eigenvalue weighted by atomic mass is 16.5. The molecular weight excluding hydrogens is 304 g/mol. The Labute approximate surface area is 141 Å². The molecule has 24 heavy (non-hydrogen) atoms. The van der Waals surface area contributed by atoms with E-state index < -0.39 is 0 Å². The van der Waals surface area contributed by atoms with Crippen LogP contribution in [0.4, 0.5) is 4.79 Å². The van der Waals surface area contributed by atoms with Crippen molar-refractivity contribution >= 4 is 6.03 Å². The Kier molecular flexibility index (Phi) is 5.33. The summed E-state index contributed by atoms with van der Waals surface area (Å²) < 4.78 is 5.79. The van der Waals surface area contributed by atoms with Gasteiger partial charge in [-0.1, -0.05) is 42.5 Å². The molecule has 5 heteroatoms. The van der Waals surface area contributed by atoms with Crippen LogP contribution in [0.2, 0.25) is 0 Å². The highest BCUT2D eigenvalue weighted by Gasteiger charge is 2.22. The van der Waals surface area contributed by atoms with Crippen LogP contribution in [0, 0.1) is 0 Å². The molecule has 0 aliphatic carbocycles. The predicted molar refractivity (Wildman–Crippen MR) is 92.0 cm³/mol. The fourth-order valence-electron chi connectivity index (χ4n) is 2.77. The van der Waals surface area contributed by atoms with Crippen molar-refractivity contribution in [1.29, 1.82) is 0 Å². The van der Waals surface area contributed by atoms with E-state index in [0.29, 0.717) is 13.1 Å². The summed E-state index contributed by atoms with van der Waals surface area (Å²) in [5, 5.41) is 14.7. The summed E-state index contributed by atoms with van der Waals surface area (Å²) in [5.41, 5.74) is 3.21. The van der Waals surface area contributed by atoms with E-state index in [9.17, 15) is 4.79 Å². The van der Waals surface area contributed by atoms with Gasteiger partial charge >= 0.3 is 6.03 Å². The zero-order chi connectivity index (χ0) is 16.8. The molecule has 1 unspecified atom stereocenters. The van der Waals surface area contributed by atoms with E-state index in [1.807, 2.05) is 42.5 Å². The van der Waals surface area contributed by atoms with Crippen molar-refractivity contribution in [1.82, 2.24) is 10.6 Å². The molecule has 2 aromatic rings. The van der Waals surface area contributed by atoms with Crippen LogP contribution in [0.1, 0.15) is 16.7 Å². The number of ether oxygens (including phenoxy) is 1. The van der Waals surface area contributed by atoms with Crippen molar-refractivity contribution in [2.75, 3.05) is 13.1 Å². The van der Waals surface area contributed by atoms with Gasteiger partial charge in [0, 0.05) is 13.0 Å². The maximum absolute atomic E-state index is 11.9. The van der Waals surface area contributed by atoms with Gasteiger partial charge in [-0.05, 0) is 29.2 Å². The van der Waals surface area contributed by atoms with Crippen molar-refractivity contribution in [3.05, 3.63) is 65.2 Å². The molecule has 126 valence electrons. The predicted octanol–water partition coefficient (Wildman–Crippen LogP) is 2.02. The molecule has 0 saturated carbocycles. The van der Waals surface area contributed by atoms with Crippen molar-refractivity contribution < 1.29 is 14.6 Å². The molecule has 1 aliphatic rings. The summed E-state index contributed by atoms with van der Waals surface area (Å²) in [6.45, 7) is 1.11. The Morgan fingerprint density at radius 1 is 1.08 bits per heavy atom. The number of para-hydroxylation sites is 1. The quantitative estimate of drug-likeness (QED) is 0.761. The summed E-state index contributed by atoms with van der Waals surface area (Å²) >= 11 is 0. The monoisotopic (exact) mass is 326 g/mol. The van der Waals surface area contributed by atoms with Gasteiger partial charge in [-0.3, -0.25) is 0 Å². The van der Waals surface area contributed by atoms with Crippen molar-refractivity contribution in [3.8, 4) is 5.75 Å². The lowest BCUT2D eigenvalue weighted by Gasteiger charge is -2.12. The van der Waals surface area contributed by atoms with Crippen LogP contribution in [0.15, 0.2) is 48.5 Å². The summed E-state index contributed by atoms with van der Waals surface area (Å²) in [6, 6.07) is 15.5. The Balaban J connectivity index is 1.34. The smallest absolute Gasteiger partial charge is 0.314 e. The van der Waals surface area contributed by atoms with E-state index in [0.717, 1.165) is 29.7 Å². The van der Waals surface area contributed by atoms with E-state index >= 15 is 0 Å². The fourth-order valence-corrected chi connectivity index (χ4v) is 2.77. The normalized spacial score (nSPS) is 15.5. The number of carbonyl (C=O) groups excluding carboxylic acids is 1. The molecule has 1 heterocycles. The highest BCUT2D eigenvalue weighted by Crippen LogP contribution is 2.27. The Bertz CT molecular complexity index is 660. The summed E-state index contributed by atoms with van der Waals surface area (Å²) in [5.74, 6) is 0.913. The summed E-state index contributed by atoms with van der Waals surface area (Å²) in [4.78, 5) is 11.9. The lowest BCUT2D eigenvalue weighted by molar-refractivity contribution is 0.214. The van der Waals surface area contributed by atoms with Crippen molar-refractivity contribution in [3.63, 3.8) is 0 Å². The molecule has 0 bridgehead atoms. The van der Waals surface area contributed by atoms with Gasteiger partial charge in [-0.25, -0.2) is 4.79 Å². The zero-order valence-electron chi connectivity index (χ0n) is 13.5. The molecule has 2 aromatic carbocycles. The third kappa shape index (κ3) is 4.26. The van der Waals surface area contributed by atoms with Gasteiger partial charge in [-0.2, -0.15) is 0 Å². The third-order valence-electron chi connectivity index (χ3n) is 4.11. The van der Waals surface area contributed by atoms with Crippen LogP contribution >= 0.6 is 0 Å². The molecule has 2 amide bonds. The molecule has 1 aliphatic heterocycles. The minimum atomic E-state index is -0.179. The van der Waals surface area contributed by atoms with Gasteiger partial charge in [-0.15, -0.1) is 0 Å². The first-order valence-corrected chi connectivity index (χ1v) is 8.19. The summed E-state index contributed by atoms with van der Waals surface area (Å²) in [6.07, 6.45) is 1.58. The van der Waals surface area contributed by atoms with Crippen LogP contribution in [0.25, 0.3) is 0 Å². The molecule has 0 spiro atoms. The van der Waals surface area contributed by atoms with Gasteiger partial charge in [0.25, 0.3) is 0 Å². The van der Waals surface area contributed by atoms with Crippen LogP contribution in [-0.2, 0) is 19.4 Å². The number of benzene rings is 2. The molecule has 3 rings (SSSR count). The number of carbonyl (C=O) groups is 1. The van der Waals surface area contributed by atoms with Crippen LogP contribution < -0.4 is 15.4 Å². The fraction of sp³-hybridized carbons (Fsp3) is 0.316. The summed E-state index contributed by atoms with van der Waals surface area (Å²) in [7, 11) is 0. The molecule has 1 atom stereocenters. The molecule has 0 fully saturated rings. The zero-order valence-corrected chi connectivity index (χ0v) is 13.5. The Hall–Kier alpha value is -2.53. The molecular formula is C19H22N2O3. The maximum atomic E-state index is 11.9. The molecule has 5 nitrogen and oxygen atoms in total. The van der Waals surface area contributed by atoms with Gasteiger partial charge < -0.3 is 20.5 Å². The Morgan fingerprint density at radius 3 is 2.58 bits per heavy atom. The first-order valence-electron chi connectivity index (χ1n) is 8.19. The first-order chi connectivity index (χ1) is 11.7. The topological polar surface area (TPSA) is 70.6 Å². The van der Waals surface area contributed by atoms with Crippen molar-refractivity contribution in [2.45, 2.75) is 25.6 Å². The standard InChI is InChI=1S/C19H22N2O3/c22-13-15-7-5-14(6-8-15)9-10-20-19(23)21-12-17-11-16-3-1-2-4-18(16)24-17/h1-8,17,22H,9-13H2,(H2,20,21,23). The van der Waals surface area contributed by atoms with Gasteiger partial charge in [0.15, 0.2) is 0 Å². The number of aliphatic hydroxyl groups excluding tert-OH is 1. The second kappa shape index (κ2) is 7.84. The number of fused-ring (bicyclic) bond motifs is 1. The van der Waals surface area contributed by atoms with E-state index in [4.69, 9.17) is 9.84 Å². The molecule has 0 saturated heterocycles. The molecule has 0 aromatic heterocycles. The SMILES string of the molecule is O=C(NCCc1ccc(CO)cc1)NCC1Cc2ccccc2O1. The lowest BCUT2D eigenvalue weighted by Crippen LogP contribution is -2.41. The number of rotatable bonds is 6. The molecule has 3 N–H and O–H groups in total. The van der Waals surface area contributed by atoms with Gasteiger partial charge in [0.05, 0.1) is 13.2 Å². The van der Waals surface area contributed by atoms with Gasteiger partial charge in [0.1, 0.15) is 11.9 Å². The minimum Gasteiger partial charge on any atom is -0.488 e. The van der Waals surface area contributed by atoms with E-state index in [2.05, 4.69) is 16.7 Å². The average molecular weight is 326 g/mol. The number of hydrogen-bond donors (Lipinski definition) is 3. The number of amides is 2.